The molecule has 250 valence electrons. The van der Waals surface area contributed by atoms with E-state index in [0.29, 0.717) is 24.9 Å². The van der Waals surface area contributed by atoms with Crippen molar-refractivity contribution >= 4 is 29.8 Å². The van der Waals surface area contributed by atoms with Crippen LogP contribution in [0.4, 0.5) is 0 Å². The van der Waals surface area contributed by atoms with Crippen LogP contribution < -0.4 is 4.74 Å². The van der Waals surface area contributed by atoms with Gasteiger partial charge in [0.25, 0.3) is 0 Å². The first-order valence-electron chi connectivity index (χ1n) is 14.6. The number of rotatable bonds is 12. The third-order valence-electron chi connectivity index (χ3n) is 9.16. The second-order valence-electron chi connectivity index (χ2n) is 12.0. The van der Waals surface area contributed by atoms with Gasteiger partial charge in [-0.25, -0.2) is 9.59 Å². The van der Waals surface area contributed by atoms with Gasteiger partial charge in [0.1, 0.15) is 5.76 Å². The monoisotopic (exact) mass is 649 g/mol. The zero-order chi connectivity index (χ0) is 33.7. The number of aliphatic hydroxyl groups is 2. The molecule has 0 aromatic heterocycles. The lowest BCUT2D eigenvalue weighted by molar-refractivity contribution is -0.215. The lowest BCUT2D eigenvalue weighted by atomic mass is 9.50. The van der Waals surface area contributed by atoms with E-state index in [-0.39, 0.29) is 29.7 Å². The van der Waals surface area contributed by atoms with Gasteiger partial charge >= 0.3 is 29.8 Å². The molecular weight excluding hydrogens is 614 g/mol. The molecule has 16 nitrogen and oxygen atoms in total. The predicted molar refractivity (Wildman–Crippen MR) is 149 cm³/mol. The number of nitrogens with zero attached hydrogens (tertiary/aromatic N) is 1. The number of piperidine rings is 1. The molecule has 5 rings (SSSR count). The summed E-state index contributed by atoms with van der Waals surface area (Å²) < 4.78 is 26.8. The molecule has 2 unspecified atom stereocenters. The van der Waals surface area contributed by atoms with Crippen LogP contribution in [-0.2, 0) is 54.8 Å². The van der Waals surface area contributed by atoms with Gasteiger partial charge in [-0.1, -0.05) is 6.07 Å². The number of carboxylic acid groups (broad SMARTS) is 2. The highest BCUT2D eigenvalue weighted by atomic mass is 16.7. The zero-order valence-electron chi connectivity index (χ0n) is 25.2. The number of carbonyl (C=O) groups excluding carboxylic acids is 3. The Morgan fingerprint density at radius 2 is 1.85 bits per heavy atom. The summed E-state index contributed by atoms with van der Waals surface area (Å²) in [6.45, 7) is 2.67. The smallest absolute Gasteiger partial charge is 0.345 e. The summed E-state index contributed by atoms with van der Waals surface area (Å²) in [5, 5.41) is 51.5. The SMILES string of the molecule is CC(=O)O[C@@H](CC(=O)OC1=CC[C@@]2(O)[C@H]3Cc4ccc(O)c5c4C2(CCN3C)[C@H]1O5)C(O)O[C@@H](C)C(=O)O[C@H](CC(=O)O)C(=O)O. The molecule has 1 saturated heterocycles. The fourth-order valence-corrected chi connectivity index (χ4v) is 7.12. The standard InChI is InChI=1S/C30H35NO15/c1-13(27(39)45-18(26(37)38)11-21(34)35)42-28(40)19(43-14(2)32)12-22(36)44-17-6-7-30(41)20-10-15-4-5-16(33)24-23(15)29(30,25(17)46-24)8-9-31(20)3/h4-6,13,18-20,25,28,33,40-41H,7-12H2,1-3H3,(H,34,35)(H,37,38)/t13-,18+,19-,20+,25-,28?,29?,30+/m0/s1. The van der Waals surface area contributed by atoms with Gasteiger partial charge in [-0.2, -0.15) is 0 Å². The quantitative estimate of drug-likeness (QED) is 0.111. The van der Waals surface area contributed by atoms with E-state index in [1.165, 1.54) is 6.07 Å². The van der Waals surface area contributed by atoms with E-state index in [2.05, 4.69) is 9.64 Å². The number of phenols is 1. The molecule has 1 spiro atoms. The Balaban J connectivity index is 1.31. The molecule has 2 heterocycles. The predicted octanol–water partition coefficient (Wildman–Crippen LogP) is -0.270. The number of phenolic OH excluding ortho intramolecular Hbond substituents is 1. The van der Waals surface area contributed by atoms with Gasteiger partial charge in [0, 0.05) is 24.9 Å². The molecule has 8 atom stereocenters. The average Bonchev–Trinajstić information content (AvgIpc) is 3.32. The summed E-state index contributed by atoms with van der Waals surface area (Å²) in [5.41, 5.74) is -0.740. The van der Waals surface area contributed by atoms with Gasteiger partial charge in [-0.3, -0.25) is 14.4 Å². The van der Waals surface area contributed by atoms with Crippen LogP contribution in [-0.4, -0.2) is 116 Å². The van der Waals surface area contributed by atoms with E-state index >= 15 is 0 Å². The molecule has 46 heavy (non-hydrogen) atoms. The van der Waals surface area contributed by atoms with Gasteiger partial charge < -0.3 is 54.1 Å². The summed E-state index contributed by atoms with van der Waals surface area (Å²) in [6, 6.07) is 3.05. The molecule has 2 aliphatic carbocycles. The maximum Gasteiger partial charge on any atom is 0.345 e. The number of aliphatic hydroxyl groups excluding tert-OH is 1. The first kappa shape index (κ1) is 33.1. The number of ether oxygens (including phenoxy) is 5. The topological polar surface area (TPSA) is 236 Å². The molecule has 5 N–H and O–H groups in total. The van der Waals surface area contributed by atoms with Crippen LogP contribution in [0.3, 0.4) is 0 Å². The zero-order valence-corrected chi connectivity index (χ0v) is 25.2. The maximum atomic E-state index is 13.2. The summed E-state index contributed by atoms with van der Waals surface area (Å²) in [5.74, 6) is -6.34. The number of likely N-dealkylation sites (N-methyl/N-ethyl adjacent to an activating group) is 1. The van der Waals surface area contributed by atoms with Gasteiger partial charge in [0.2, 0.25) is 6.10 Å². The van der Waals surface area contributed by atoms with Crippen molar-refractivity contribution in [1.29, 1.82) is 0 Å². The number of hydrogen-bond acceptors (Lipinski definition) is 14. The summed E-state index contributed by atoms with van der Waals surface area (Å²) in [4.78, 5) is 61.5. The van der Waals surface area contributed by atoms with Crippen molar-refractivity contribution in [2.75, 3.05) is 13.6 Å². The van der Waals surface area contributed by atoms with E-state index < -0.39 is 84.4 Å². The first-order chi connectivity index (χ1) is 21.6. The van der Waals surface area contributed by atoms with Crippen LogP contribution in [0.5, 0.6) is 11.5 Å². The van der Waals surface area contributed by atoms with Crippen molar-refractivity contribution < 1.29 is 73.2 Å². The third kappa shape index (κ3) is 5.55. The normalized spacial score (nSPS) is 28.3. The van der Waals surface area contributed by atoms with E-state index in [1.54, 1.807) is 12.1 Å². The highest BCUT2D eigenvalue weighted by Gasteiger charge is 2.72. The largest absolute Gasteiger partial charge is 0.504 e. The number of carboxylic acids is 2. The number of esters is 3. The number of aliphatic carboxylic acids is 2. The van der Waals surface area contributed by atoms with Gasteiger partial charge in [-0.05, 0) is 51.1 Å². The Bertz CT molecular complexity index is 1490. The van der Waals surface area contributed by atoms with Gasteiger partial charge in [-0.15, -0.1) is 0 Å². The van der Waals surface area contributed by atoms with Crippen molar-refractivity contribution in [3.8, 4) is 11.5 Å². The van der Waals surface area contributed by atoms with Gasteiger partial charge in [0.05, 0.1) is 23.9 Å². The Morgan fingerprint density at radius 3 is 2.50 bits per heavy atom. The fourth-order valence-electron chi connectivity index (χ4n) is 7.12. The minimum atomic E-state index is -2.11. The van der Waals surface area contributed by atoms with Crippen LogP contribution in [0.1, 0.15) is 50.7 Å². The molecule has 1 aromatic carbocycles. The summed E-state index contributed by atoms with van der Waals surface area (Å²) in [6.07, 6.45) is -7.67. The molecular formula is C30H35NO15. The highest BCUT2D eigenvalue weighted by Crippen LogP contribution is 2.65. The lowest BCUT2D eigenvalue weighted by Crippen LogP contribution is -2.74. The van der Waals surface area contributed by atoms with E-state index in [1.807, 2.05) is 7.05 Å². The first-order valence-corrected chi connectivity index (χ1v) is 14.6. The maximum absolute atomic E-state index is 13.2. The molecule has 2 aliphatic heterocycles. The van der Waals surface area contributed by atoms with E-state index in [0.717, 1.165) is 19.4 Å². The van der Waals surface area contributed by atoms with Crippen LogP contribution >= 0.6 is 0 Å². The van der Waals surface area contributed by atoms with Crippen molar-refractivity contribution in [3.63, 3.8) is 0 Å². The van der Waals surface area contributed by atoms with Crippen LogP contribution in [0, 0.1) is 0 Å². The van der Waals surface area contributed by atoms with Crippen LogP contribution in [0.2, 0.25) is 0 Å². The summed E-state index contributed by atoms with van der Waals surface area (Å²) >= 11 is 0. The number of carbonyl (C=O) groups is 5. The molecule has 2 bridgehead atoms. The minimum Gasteiger partial charge on any atom is -0.504 e. The Labute approximate surface area is 262 Å². The summed E-state index contributed by atoms with van der Waals surface area (Å²) in [7, 11) is 1.93. The molecule has 0 amide bonds. The third-order valence-corrected chi connectivity index (χ3v) is 9.16. The molecule has 4 aliphatic rings. The van der Waals surface area contributed by atoms with Crippen molar-refractivity contribution in [1.82, 2.24) is 4.90 Å². The van der Waals surface area contributed by atoms with Gasteiger partial charge in [0.15, 0.2) is 36.1 Å². The van der Waals surface area contributed by atoms with Crippen molar-refractivity contribution in [2.24, 2.45) is 0 Å². The molecule has 16 heteroatoms. The second-order valence-corrected chi connectivity index (χ2v) is 12.0. The van der Waals surface area contributed by atoms with Crippen molar-refractivity contribution in [2.45, 2.75) is 93.7 Å². The van der Waals surface area contributed by atoms with E-state index in [9.17, 15) is 39.3 Å². The molecule has 1 fully saturated rings. The fraction of sp³-hybridized carbons (Fsp3) is 0.567. The van der Waals surface area contributed by atoms with Crippen LogP contribution in [0.15, 0.2) is 24.0 Å². The number of likely N-dealkylation sites (tertiary alicyclic amines) is 1. The lowest BCUT2D eigenvalue weighted by Gasteiger charge is -2.61. The Kier molecular flexibility index (Phi) is 8.76. The highest BCUT2D eigenvalue weighted by molar-refractivity contribution is 5.84. The van der Waals surface area contributed by atoms with Crippen molar-refractivity contribution in [3.05, 3.63) is 35.1 Å². The Morgan fingerprint density at radius 1 is 1.13 bits per heavy atom. The molecule has 0 radical (unpaired) electrons. The minimum absolute atomic E-state index is 0.0634. The Hall–Kier alpha value is -4.25. The van der Waals surface area contributed by atoms with E-state index in [4.69, 9.17) is 29.2 Å². The molecule has 1 aromatic rings. The second kappa shape index (κ2) is 12.2. The average molecular weight is 650 g/mol. The molecule has 0 saturated carbocycles. The number of aromatic hydroxyl groups is 1. The van der Waals surface area contributed by atoms with Crippen LogP contribution in [0.25, 0.3) is 0 Å². The number of benzene rings is 1. The number of hydrogen-bond donors (Lipinski definition) is 5.